The normalized spacial score (nSPS) is 11.7. The number of amides is 1. The second-order valence-electron chi connectivity index (χ2n) is 4.26. The SMILES string of the molecule is CCC/C=C/C(=O)C(=O)NC(C)(C)C. The van der Waals surface area contributed by atoms with E-state index in [1.165, 1.54) is 6.08 Å². The van der Waals surface area contributed by atoms with Crippen LogP contribution in [-0.4, -0.2) is 17.2 Å². The Morgan fingerprint density at radius 2 is 1.86 bits per heavy atom. The molecule has 0 heterocycles. The zero-order valence-corrected chi connectivity index (χ0v) is 9.39. The van der Waals surface area contributed by atoms with Gasteiger partial charge in [0.05, 0.1) is 0 Å². The Labute approximate surface area is 85.6 Å². The summed E-state index contributed by atoms with van der Waals surface area (Å²) >= 11 is 0. The van der Waals surface area contributed by atoms with Gasteiger partial charge >= 0.3 is 0 Å². The molecule has 80 valence electrons. The molecule has 0 atom stereocenters. The molecule has 0 aromatic carbocycles. The highest BCUT2D eigenvalue weighted by molar-refractivity contribution is 6.40. The summed E-state index contributed by atoms with van der Waals surface area (Å²) in [5, 5.41) is 2.61. The molecule has 0 aromatic rings. The van der Waals surface area contributed by atoms with E-state index in [1.54, 1.807) is 6.08 Å². The number of hydrogen-bond donors (Lipinski definition) is 1. The van der Waals surface area contributed by atoms with E-state index < -0.39 is 11.7 Å². The number of carbonyl (C=O) groups is 2. The Hall–Kier alpha value is -1.12. The van der Waals surface area contributed by atoms with Crippen LogP contribution >= 0.6 is 0 Å². The summed E-state index contributed by atoms with van der Waals surface area (Å²) in [6, 6.07) is 0. The molecule has 0 saturated heterocycles. The highest BCUT2D eigenvalue weighted by Gasteiger charge is 2.17. The summed E-state index contributed by atoms with van der Waals surface area (Å²) in [5.74, 6) is -1.02. The summed E-state index contributed by atoms with van der Waals surface area (Å²) in [5.41, 5.74) is -0.356. The van der Waals surface area contributed by atoms with Gasteiger partial charge in [0.15, 0.2) is 0 Å². The Morgan fingerprint density at radius 1 is 1.29 bits per heavy atom. The van der Waals surface area contributed by atoms with Crippen LogP contribution in [0.3, 0.4) is 0 Å². The third kappa shape index (κ3) is 6.40. The molecule has 0 fully saturated rings. The molecule has 0 rings (SSSR count). The van der Waals surface area contributed by atoms with Crippen molar-refractivity contribution in [3.8, 4) is 0 Å². The Balaban J connectivity index is 4.08. The topological polar surface area (TPSA) is 46.2 Å². The summed E-state index contributed by atoms with van der Waals surface area (Å²) in [6.07, 6.45) is 4.87. The van der Waals surface area contributed by atoms with E-state index in [4.69, 9.17) is 0 Å². The van der Waals surface area contributed by atoms with Crippen molar-refractivity contribution in [2.45, 2.75) is 46.1 Å². The monoisotopic (exact) mass is 197 g/mol. The van der Waals surface area contributed by atoms with Crippen molar-refractivity contribution < 1.29 is 9.59 Å². The van der Waals surface area contributed by atoms with Crippen LogP contribution < -0.4 is 5.32 Å². The van der Waals surface area contributed by atoms with E-state index in [0.29, 0.717) is 0 Å². The van der Waals surface area contributed by atoms with Crippen molar-refractivity contribution in [3.63, 3.8) is 0 Å². The predicted octanol–water partition coefficient (Wildman–Crippen LogP) is 1.83. The number of ketones is 1. The quantitative estimate of drug-likeness (QED) is 0.552. The summed E-state index contributed by atoms with van der Waals surface area (Å²) in [4.78, 5) is 22.4. The number of nitrogens with one attached hydrogen (secondary N) is 1. The van der Waals surface area contributed by atoms with Crippen molar-refractivity contribution in [3.05, 3.63) is 12.2 Å². The van der Waals surface area contributed by atoms with Crippen molar-refractivity contribution in [2.75, 3.05) is 0 Å². The fraction of sp³-hybridized carbons (Fsp3) is 0.636. The average Bonchev–Trinajstić information content (AvgIpc) is 2.01. The maximum absolute atomic E-state index is 11.2. The number of rotatable bonds is 4. The lowest BCUT2D eigenvalue weighted by molar-refractivity contribution is -0.136. The van der Waals surface area contributed by atoms with E-state index in [-0.39, 0.29) is 5.54 Å². The molecular formula is C11H19NO2. The van der Waals surface area contributed by atoms with Crippen LogP contribution in [-0.2, 0) is 9.59 Å². The standard InChI is InChI=1S/C11H19NO2/c1-5-6-7-8-9(13)10(14)12-11(2,3)4/h7-8H,5-6H2,1-4H3,(H,12,14)/b8-7+. The first kappa shape index (κ1) is 12.9. The van der Waals surface area contributed by atoms with Crippen LogP contribution in [0.2, 0.25) is 0 Å². The second-order valence-corrected chi connectivity index (χ2v) is 4.26. The fourth-order valence-corrected chi connectivity index (χ4v) is 0.835. The molecule has 3 heteroatoms. The molecular weight excluding hydrogens is 178 g/mol. The minimum Gasteiger partial charge on any atom is -0.345 e. The third-order valence-corrected chi connectivity index (χ3v) is 1.44. The molecule has 1 amide bonds. The highest BCUT2D eigenvalue weighted by atomic mass is 16.2. The number of allylic oxidation sites excluding steroid dienone is 1. The maximum atomic E-state index is 11.2. The third-order valence-electron chi connectivity index (χ3n) is 1.44. The number of carbonyl (C=O) groups excluding carboxylic acids is 2. The highest BCUT2D eigenvalue weighted by Crippen LogP contribution is 1.98. The molecule has 0 aromatic heterocycles. The van der Waals surface area contributed by atoms with Crippen molar-refractivity contribution in [1.29, 1.82) is 0 Å². The summed E-state index contributed by atoms with van der Waals surface area (Å²) in [7, 11) is 0. The van der Waals surface area contributed by atoms with Crippen LogP contribution in [0.25, 0.3) is 0 Å². The minimum atomic E-state index is -0.537. The predicted molar refractivity (Wildman–Crippen MR) is 57.0 cm³/mol. The lowest BCUT2D eigenvalue weighted by atomic mass is 10.1. The van der Waals surface area contributed by atoms with E-state index in [9.17, 15) is 9.59 Å². The van der Waals surface area contributed by atoms with Crippen LogP contribution in [0.15, 0.2) is 12.2 Å². The number of hydrogen-bond acceptors (Lipinski definition) is 2. The van der Waals surface area contributed by atoms with Gasteiger partial charge in [-0.2, -0.15) is 0 Å². The first-order chi connectivity index (χ1) is 6.37. The van der Waals surface area contributed by atoms with Crippen LogP contribution in [0.4, 0.5) is 0 Å². The van der Waals surface area contributed by atoms with E-state index in [0.717, 1.165) is 12.8 Å². The van der Waals surface area contributed by atoms with Gasteiger partial charge in [0.25, 0.3) is 5.91 Å². The zero-order chi connectivity index (χ0) is 11.2. The first-order valence-electron chi connectivity index (χ1n) is 4.90. The van der Waals surface area contributed by atoms with Gasteiger partial charge in [-0.3, -0.25) is 9.59 Å². The molecule has 0 aliphatic carbocycles. The summed E-state index contributed by atoms with van der Waals surface area (Å²) < 4.78 is 0. The Kier molecular flexibility index (Phi) is 5.13. The van der Waals surface area contributed by atoms with Gasteiger partial charge < -0.3 is 5.32 Å². The first-order valence-corrected chi connectivity index (χ1v) is 4.90. The van der Waals surface area contributed by atoms with Gasteiger partial charge in [-0.05, 0) is 33.3 Å². The molecule has 3 nitrogen and oxygen atoms in total. The molecule has 14 heavy (non-hydrogen) atoms. The Bertz CT molecular complexity index is 236. The maximum Gasteiger partial charge on any atom is 0.292 e. The van der Waals surface area contributed by atoms with Crippen molar-refractivity contribution >= 4 is 11.7 Å². The molecule has 0 unspecified atom stereocenters. The minimum absolute atomic E-state index is 0.356. The second kappa shape index (κ2) is 5.58. The van der Waals surface area contributed by atoms with E-state index >= 15 is 0 Å². The smallest absolute Gasteiger partial charge is 0.292 e. The van der Waals surface area contributed by atoms with Crippen molar-refractivity contribution in [2.24, 2.45) is 0 Å². The van der Waals surface area contributed by atoms with Crippen LogP contribution in [0, 0.1) is 0 Å². The molecule has 0 radical (unpaired) electrons. The van der Waals surface area contributed by atoms with Crippen LogP contribution in [0.5, 0.6) is 0 Å². The van der Waals surface area contributed by atoms with Crippen LogP contribution in [0.1, 0.15) is 40.5 Å². The largest absolute Gasteiger partial charge is 0.345 e. The number of unbranched alkanes of at least 4 members (excludes halogenated alkanes) is 1. The average molecular weight is 197 g/mol. The molecule has 1 N–H and O–H groups in total. The lowest BCUT2D eigenvalue weighted by Gasteiger charge is -2.19. The summed E-state index contributed by atoms with van der Waals surface area (Å²) in [6.45, 7) is 7.54. The van der Waals surface area contributed by atoms with Gasteiger partial charge in [0, 0.05) is 5.54 Å². The van der Waals surface area contributed by atoms with Gasteiger partial charge in [-0.15, -0.1) is 0 Å². The van der Waals surface area contributed by atoms with E-state index in [1.807, 2.05) is 27.7 Å². The lowest BCUT2D eigenvalue weighted by Crippen LogP contribution is -2.43. The fourth-order valence-electron chi connectivity index (χ4n) is 0.835. The van der Waals surface area contributed by atoms with Gasteiger partial charge in [-0.1, -0.05) is 19.4 Å². The molecule has 0 aliphatic heterocycles. The molecule has 0 spiro atoms. The van der Waals surface area contributed by atoms with Gasteiger partial charge in [-0.25, -0.2) is 0 Å². The molecule has 0 saturated carbocycles. The van der Waals surface area contributed by atoms with Gasteiger partial charge in [0.1, 0.15) is 0 Å². The Morgan fingerprint density at radius 3 is 2.29 bits per heavy atom. The van der Waals surface area contributed by atoms with E-state index in [2.05, 4.69) is 5.32 Å². The zero-order valence-electron chi connectivity index (χ0n) is 9.39. The van der Waals surface area contributed by atoms with Gasteiger partial charge in [0.2, 0.25) is 5.78 Å². The molecule has 0 bridgehead atoms. The van der Waals surface area contributed by atoms with Crippen molar-refractivity contribution in [1.82, 2.24) is 5.32 Å². The molecule has 0 aliphatic rings.